The highest BCUT2D eigenvalue weighted by Crippen LogP contribution is 2.30. The third kappa shape index (κ3) is 3.81. The van der Waals surface area contributed by atoms with Gasteiger partial charge in [-0.05, 0) is 42.2 Å². The SMILES string of the molecule is CC(C)Cn1cc(CCNC(=O)C2COc3ccccc3O2)c2cccnc21. The summed E-state index contributed by atoms with van der Waals surface area (Å²) in [4.78, 5) is 17.0. The van der Waals surface area contributed by atoms with E-state index in [1.54, 1.807) is 0 Å². The van der Waals surface area contributed by atoms with Gasteiger partial charge >= 0.3 is 0 Å². The number of aromatic nitrogens is 2. The van der Waals surface area contributed by atoms with Crippen LogP contribution < -0.4 is 14.8 Å². The Bertz CT molecular complexity index is 980. The zero-order valence-electron chi connectivity index (χ0n) is 16.2. The van der Waals surface area contributed by atoms with E-state index in [1.807, 2.05) is 36.5 Å². The number of rotatable bonds is 6. The van der Waals surface area contributed by atoms with E-state index in [4.69, 9.17) is 9.47 Å². The van der Waals surface area contributed by atoms with Gasteiger partial charge in [0.2, 0.25) is 6.10 Å². The standard InChI is InChI=1S/C22H25N3O3/c1-15(2)12-25-13-16(17-6-5-10-23-21(17)25)9-11-24-22(26)20-14-27-18-7-3-4-8-19(18)28-20/h3-8,10,13,15,20H,9,11-12,14H2,1-2H3,(H,24,26). The van der Waals surface area contributed by atoms with E-state index in [9.17, 15) is 4.79 Å². The van der Waals surface area contributed by atoms with Crippen LogP contribution in [0.2, 0.25) is 0 Å². The number of nitrogens with one attached hydrogen (secondary N) is 1. The number of ether oxygens (including phenoxy) is 2. The highest BCUT2D eigenvalue weighted by molar-refractivity contribution is 5.82. The molecule has 0 radical (unpaired) electrons. The Labute approximate surface area is 164 Å². The molecule has 0 fully saturated rings. The van der Waals surface area contributed by atoms with Gasteiger partial charge in [-0.1, -0.05) is 26.0 Å². The molecule has 146 valence electrons. The predicted octanol–water partition coefficient (Wildman–Crippen LogP) is 3.19. The molecule has 1 atom stereocenters. The van der Waals surface area contributed by atoms with Crippen LogP contribution in [-0.2, 0) is 17.8 Å². The van der Waals surface area contributed by atoms with E-state index < -0.39 is 6.10 Å². The van der Waals surface area contributed by atoms with Crippen molar-refractivity contribution in [2.75, 3.05) is 13.2 Å². The van der Waals surface area contributed by atoms with Crippen LogP contribution >= 0.6 is 0 Å². The molecule has 0 saturated heterocycles. The third-order valence-electron chi connectivity index (χ3n) is 4.77. The van der Waals surface area contributed by atoms with Gasteiger partial charge in [-0.15, -0.1) is 0 Å². The van der Waals surface area contributed by atoms with Crippen molar-refractivity contribution in [3.63, 3.8) is 0 Å². The van der Waals surface area contributed by atoms with Crippen molar-refractivity contribution in [2.45, 2.75) is 32.9 Å². The molecule has 0 spiro atoms. The van der Waals surface area contributed by atoms with Gasteiger partial charge in [-0.25, -0.2) is 4.98 Å². The lowest BCUT2D eigenvalue weighted by atomic mass is 10.1. The minimum atomic E-state index is -0.626. The monoisotopic (exact) mass is 379 g/mol. The molecular weight excluding hydrogens is 354 g/mol. The van der Waals surface area contributed by atoms with Gasteiger partial charge in [0.1, 0.15) is 12.3 Å². The van der Waals surface area contributed by atoms with Crippen LogP contribution in [0.4, 0.5) is 0 Å². The maximum Gasteiger partial charge on any atom is 0.264 e. The van der Waals surface area contributed by atoms with E-state index >= 15 is 0 Å². The van der Waals surface area contributed by atoms with Gasteiger partial charge in [-0.3, -0.25) is 4.79 Å². The summed E-state index contributed by atoms with van der Waals surface area (Å²) in [6, 6.07) is 11.4. The molecule has 1 unspecified atom stereocenters. The van der Waals surface area contributed by atoms with Gasteiger partial charge in [0.25, 0.3) is 5.91 Å². The number of carbonyl (C=O) groups is 1. The molecule has 28 heavy (non-hydrogen) atoms. The zero-order valence-corrected chi connectivity index (χ0v) is 16.2. The van der Waals surface area contributed by atoms with Gasteiger partial charge in [0.05, 0.1) is 0 Å². The fraction of sp³-hybridized carbons (Fsp3) is 0.364. The minimum Gasteiger partial charge on any atom is -0.485 e. The Kier molecular flexibility index (Phi) is 5.19. The molecule has 3 aromatic rings. The quantitative estimate of drug-likeness (QED) is 0.714. The first-order valence-corrected chi connectivity index (χ1v) is 9.70. The second-order valence-electron chi connectivity index (χ2n) is 7.48. The van der Waals surface area contributed by atoms with Crippen LogP contribution in [0.25, 0.3) is 11.0 Å². The molecule has 0 saturated carbocycles. The summed E-state index contributed by atoms with van der Waals surface area (Å²) in [6.45, 7) is 6.07. The fourth-order valence-corrected chi connectivity index (χ4v) is 3.51. The molecule has 2 aromatic heterocycles. The van der Waals surface area contributed by atoms with E-state index in [1.165, 1.54) is 5.56 Å². The maximum atomic E-state index is 12.5. The summed E-state index contributed by atoms with van der Waals surface area (Å²) in [5, 5.41) is 4.12. The second kappa shape index (κ2) is 7.92. The normalized spacial score (nSPS) is 15.8. The van der Waals surface area contributed by atoms with Crippen molar-refractivity contribution >= 4 is 16.9 Å². The molecule has 0 bridgehead atoms. The summed E-state index contributed by atoms with van der Waals surface area (Å²) in [5.74, 6) is 1.67. The van der Waals surface area contributed by atoms with Crippen LogP contribution in [0, 0.1) is 5.92 Å². The number of pyridine rings is 1. The highest BCUT2D eigenvalue weighted by Gasteiger charge is 2.26. The average molecular weight is 379 g/mol. The molecule has 3 heterocycles. The van der Waals surface area contributed by atoms with Crippen LogP contribution in [-0.4, -0.2) is 34.7 Å². The molecule has 4 rings (SSSR count). The maximum absolute atomic E-state index is 12.5. The Morgan fingerprint density at radius 3 is 2.89 bits per heavy atom. The second-order valence-corrected chi connectivity index (χ2v) is 7.48. The Morgan fingerprint density at radius 1 is 1.25 bits per heavy atom. The van der Waals surface area contributed by atoms with Crippen molar-refractivity contribution in [2.24, 2.45) is 5.92 Å². The van der Waals surface area contributed by atoms with Crippen molar-refractivity contribution in [1.82, 2.24) is 14.9 Å². The van der Waals surface area contributed by atoms with Crippen LogP contribution in [0.15, 0.2) is 48.8 Å². The summed E-state index contributed by atoms with van der Waals surface area (Å²) < 4.78 is 13.6. The number of amides is 1. The number of nitrogens with zero attached hydrogens (tertiary/aromatic N) is 2. The van der Waals surface area contributed by atoms with Crippen LogP contribution in [0.3, 0.4) is 0 Å². The Balaban J connectivity index is 1.38. The summed E-state index contributed by atoms with van der Waals surface area (Å²) in [5.41, 5.74) is 2.19. The average Bonchev–Trinajstić information content (AvgIpc) is 3.04. The third-order valence-corrected chi connectivity index (χ3v) is 4.77. The largest absolute Gasteiger partial charge is 0.485 e. The first-order chi connectivity index (χ1) is 13.6. The molecule has 1 aromatic carbocycles. The summed E-state index contributed by atoms with van der Waals surface area (Å²) in [7, 11) is 0. The van der Waals surface area contributed by atoms with E-state index in [2.05, 4.69) is 41.0 Å². The molecule has 1 amide bonds. The number of hydrogen-bond donors (Lipinski definition) is 1. The topological polar surface area (TPSA) is 65.4 Å². The number of hydrogen-bond acceptors (Lipinski definition) is 4. The highest BCUT2D eigenvalue weighted by atomic mass is 16.6. The Hall–Kier alpha value is -3.02. The first-order valence-electron chi connectivity index (χ1n) is 9.70. The van der Waals surface area contributed by atoms with E-state index in [0.717, 1.165) is 24.0 Å². The molecule has 0 aliphatic carbocycles. The smallest absolute Gasteiger partial charge is 0.264 e. The van der Waals surface area contributed by atoms with E-state index in [-0.39, 0.29) is 12.5 Å². The van der Waals surface area contributed by atoms with Gasteiger partial charge in [-0.2, -0.15) is 0 Å². The number of benzene rings is 1. The first kappa shape index (κ1) is 18.3. The molecular formula is C22H25N3O3. The molecule has 1 aliphatic rings. The van der Waals surface area contributed by atoms with Crippen LogP contribution in [0.5, 0.6) is 11.5 Å². The number of fused-ring (bicyclic) bond motifs is 2. The van der Waals surface area contributed by atoms with Crippen molar-refractivity contribution in [3.8, 4) is 11.5 Å². The minimum absolute atomic E-state index is 0.154. The van der Waals surface area contributed by atoms with E-state index in [0.29, 0.717) is 24.0 Å². The fourth-order valence-electron chi connectivity index (χ4n) is 3.51. The van der Waals surface area contributed by atoms with Crippen molar-refractivity contribution in [3.05, 3.63) is 54.4 Å². The molecule has 1 N–H and O–H groups in total. The lowest BCUT2D eigenvalue weighted by molar-refractivity contribution is -0.130. The van der Waals surface area contributed by atoms with Gasteiger partial charge in [0, 0.05) is 30.9 Å². The summed E-state index contributed by atoms with van der Waals surface area (Å²) in [6.07, 6.45) is 4.09. The van der Waals surface area contributed by atoms with Gasteiger partial charge in [0.15, 0.2) is 11.5 Å². The van der Waals surface area contributed by atoms with Crippen molar-refractivity contribution < 1.29 is 14.3 Å². The molecule has 6 heteroatoms. The zero-order chi connectivity index (χ0) is 19.5. The predicted molar refractivity (Wildman–Crippen MR) is 108 cm³/mol. The number of carbonyl (C=O) groups excluding carboxylic acids is 1. The van der Waals surface area contributed by atoms with Gasteiger partial charge < -0.3 is 19.4 Å². The lowest BCUT2D eigenvalue weighted by Gasteiger charge is -2.25. The number of para-hydroxylation sites is 2. The lowest BCUT2D eigenvalue weighted by Crippen LogP contribution is -2.44. The Morgan fingerprint density at radius 2 is 2.07 bits per heavy atom. The molecule has 1 aliphatic heterocycles. The molecule has 6 nitrogen and oxygen atoms in total. The van der Waals surface area contributed by atoms with Crippen molar-refractivity contribution in [1.29, 1.82) is 0 Å². The van der Waals surface area contributed by atoms with Crippen LogP contribution in [0.1, 0.15) is 19.4 Å². The summed E-state index contributed by atoms with van der Waals surface area (Å²) >= 11 is 0.